The third-order valence-electron chi connectivity index (χ3n) is 7.83. The molecule has 0 unspecified atom stereocenters. The maximum atomic E-state index is 13.7. The van der Waals surface area contributed by atoms with Crippen molar-refractivity contribution in [2.75, 3.05) is 19.8 Å². The number of aliphatic hydroxyl groups excluding tert-OH is 1. The summed E-state index contributed by atoms with van der Waals surface area (Å²) in [5, 5.41) is 12.7. The van der Waals surface area contributed by atoms with Gasteiger partial charge in [-0.1, -0.05) is 84.9 Å². The summed E-state index contributed by atoms with van der Waals surface area (Å²) in [4.78, 5) is 42.0. The molecule has 8 heteroatoms. The molecule has 1 aliphatic rings. The van der Waals surface area contributed by atoms with E-state index in [0.717, 1.165) is 16.7 Å². The van der Waals surface area contributed by atoms with Crippen LogP contribution in [0.5, 0.6) is 0 Å². The van der Waals surface area contributed by atoms with Crippen LogP contribution in [0.15, 0.2) is 97.1 Å². The van der Waals surface area contributed by atoms with Gasteiger partial charge in [-0.15, -0.1) is 0 Å². The van der Waals surface area contributed by atoms with E-state index in [1.807, 2.05) is 72.8 Å². The van der Waals surface area contributed by atoms with Crippen molar-refractivity contribution in [3.05, 3.63) is 120 Å². The van der Waals surface area contributed by atoms with Crippen LogP contribution in [-0.4, -0.2) is 53.6 Å². The minimum absolute atomic E-state index is 0.0157. The quantitative estimate of drug-likeness (QED) is 0.252. The number of nitrogens with zero attached hydrogens (tertiary/aromatic N) is 1. The smallest absolute Gasteiger partial charge is 0.309 e. The van der Waals surface area contributed by atoms with E-state index in [2.05, 4.69) is 5.32 Å². The van der Waals surface area contributed by atoms with E-state index < -0.39 is 17.9 Å². The molecule has 2 N–H and O–H groups in total. The number of hydrogen-bond acceptors (Lipinski definition) is 5. The number of benzene rings is 3. The number of carbonyl (C=O) groups excluding carboxylic acids is 3. The third-order valence-corrected chi connectivity index (χ3v) is 7.83. The highest BCUT2D eigenvalue weighted by Crippen LogP contribution is 2.20. The summed E-state index contributed by atoms with van der Waals surface area (Å²) in [5.74, 6) is -2.26. The number of nitrogens with one attached hydrogen (secondary N) is 1. The number of hydrogen-bond donors (Lipinski definition) is 2. The van der Waals surface area contributed by atoms with Crippen LogP contribution in [0.1, 0.15) is 42.4 Å². The number of amides is 2. The van der Waals surface area contributed by atoms with Crippen molar-refractivity contribution in [3.8, 4) is 0 Å². The Morgan fingerprint density at radius 3 is 2.20 bits per heavy atom. The van der Waals surface area contributed by atoms with E-state index in [1.54, 1.807) is 17.0 Å². The third kappa shape index (κ3) is 10.5. The molecule has 3 aromatic rings. The molecular formula is C36H41FN2O5. The highest BCUT2D eigenvalue weighted by molar-refractivity contribution is 5.86. The number of halogens is 1. The Balaban J connectivity index is 1.52. The summed E-state index contributed by atoms with van der Waals surface area (Å²) in [7, 11) is 0. The molecule has 0 radical (unpaired) electrons. The summed E-state index contributed by atoms with van der Waals surface area (Å²) >= 11 is 0. The van der Waals surface area contributed by atoms with Crippen molar-refractivity contribution in [3.63, 3.8) is 0 Å². The molecule has 44 heavy (non-hydrogen) atoms. The fraction of sp³-hybridized carbons (Fsp3) is 0.361. The molecule has 0 bridgehead atoms. The number of rotatable bonds is 10. The molecule has 1 aliphatic heterocycles. The maximum Gasteiger partial charge on any atom is 0.309 e. The molecule has 0 aromatic heterocycles. The lowest BCUT2D eigenvalue weighted by Gasteiger charge is -2.26. The zero-order valence-electron chi connectivity index (χ0n) is 24.9. The van der Waals surface area contributed by atoms with Crippen molar-refractivity contribution in [2.45, 2.75) is 51.1 Å². The van der Waals surface area contributed by atoms with Crippen LogP contribution in [0.2, 0.25) is 0 Å². The summed E-state index contributed by atoms with van der Waals surface area (Å²) in [6.07, 6.45) is 6.15. The molecule has 232 valence electrons. The largest absolute Gasteiger partial charge is 0.463 e. The van der Waals surface area contributed by atoms with Gasteiger partial charge in [0.1, 0.15) is 12.4 Å². The average molecular weight is 601 g/mol. The van der Waals surface area contributed by atoms with Gasteiger partial charge in [-0.3, -0.25) is 14.4 Å². The van der Waals surface area contributed by atoms with Gasteiger partial charge in [-0.25, -0.2) is 4.39 Å². The standard InChI is InChI=1S/C36H41FN2O5/c37-32-18-16-28(17-19-32)22-31-15-9-3-8-14-30(24-34(41)39(20-21-40)25-29-12-6-2-7-13-29)35(42)38-33(26-44-36(31)43)23-27-10-4-1-5-11-27/h1-8,10-13,16-19,30-31,33,40H,9,14-15,20-26H2,(H,38,42)/b8-3+/t30-,31+,33-/m0/s1. The lowest BCUT2D eigenvalue weighted by molar-refractivity contribution is -0.150. The molecule has 0 fully saturated rings. The van der Waals surface area contributed by atoms with E-state index in [4.69, 9.17) is 4.74 Å². The van der Waals surface area contributed by atoms with Crippen molar-refractivity contribution in [2.24, 2.45) is 11.8 Å². The number of carbonyl (C=O) groups is 3. The molecule has 3 atom stereocenters. The lowest BCUT2D eigenvalue weighted by Crippen LogP contribution is -2.45. The van der Waals surface area contributed by atoms with Gasteiger partial charge < -0.3 is 20.1 Å². The van der Waals surface area contributed by atoms with E-state index in [1.165, 1.54) is 12.1 Å². The number of allylic oxidation sites excluding steroid dienone is 2. The van der Waals surface area contributed by atoms with Crippen molar-refractivity contribution in [1.29, 1.82) is 0 Å². The second-order valence-corrected chi connectivity index (χ2v) is 11.3. The highest BCUT2D eigenvalue weighted by atomic mass is 19.1. The normalized spacial score (nSPS) is 20.3. The van der Waals surface area contributed by atoms with E-state index >= 15 is 0 Å². The molecule has 0 aliphatic carbocycles. The minimum atomic E-state index is -0.638. The fourth-order valence-corrected chi connectivity index (χ4v) is 5.39. The second-order valence-electron chi connectivity index (χ2n) is 11.3. The Labute approximate surface area is 258 Å². The molecule has 4 rings (SSSR count). The first-order valence-corrected chi connectivity index (χ1v) is 15.2. The summed E-state index contributed by atoms with van der Waals surface area (Å²) in [6.45, 7) is 0.309. The topological polar surface area (TPSA) is 95.9 Å². The van der Waals surface area contributed by atoms with E-state index in [0.29, 0.717) is 38.6 Å². The van der Waals surface area contributed by atoms with Crippen LogP contribution in [0.4, 0.5) is 4.39 Å². The zero-order valence-corrected chi connectivity index (χ0v) is 24.9. The number of esters is 1. The van der Waals surface area contributed by atoms with Gasteiger partial charge in [0.05, 0.1) is 24.5 Å². The molecule has 2 amide bonds. The summed E-state index contributed by atoms with van der Waals surface area (Å²) < 4.78 is 19.3. The predicted molar refractivity (Wildman–Crippen MR) is 167 cm³/mol. The molecule has 0 saturated heterocycles. The van der Waals surface area contributed by atoms with Gasteiger partial charge in [-0.05, 0) is 60.9 Å². The van der Waals surface area contributed by atoms with Crippen LogP contribution in [-0.2, 0) is 38.5 Å². The minimum Gasteiger partial charge on any atom is -0.463 e. The van der Waals surface area contributed by atoms with Crippen molar-refractivity contribution < 1.29 is 28.6 Å². The number of aliphatic hydroxyl groups is 1. The first kappa shape index (κ1) is 32.6. The molecule has 7 nitrogen and oxygen atoms in total. The van der Waals surface area contributed by atoms with Gasteiger partial charge in [0.2, 0.25) is 11.8 Å². The van der Waals surface area contributed by atoms with Crippen molar-refractivity contribution in [1.82, 2.24) is 10.2 Å². The highest BCUT2D eigenvalue weighted by Gasteiger charge is 2.28. The zero-order chi connectivity index (χ0) is 31.1. The molecule has 1 heterocycles. The van der Waals surface area contributed by atoms with Crippen molar-refractivity contribution >= 4 is 17.8 Å². The van der Waals surface area contributed by atoms with Gasteiger partial charge >= 0.3 is 5.97 Å². The van der Waals surface area contributed by atoms with Crippen LogP contribution < -0.4 is 5.32 Å². The monoisotopic (exact) mass is 600 g/mol. The van der Waals surface area contributed by atoms with Crippen LogP contribution in [0, 0.1) is 17.7 Å². The number of ether oxygens (including phenoxy) is 1. The lowest BCUT2D eigenvalue weighted by atomic mass is 9.94. The van der Waals surface area contributed by atoms with Gasteiger partial charge in [-0.2, -0.15) is 0 Å². The Morgan fingerprint density at radius 1 is 0.864 bits per heavy atom. The van der Waals surface area contributed by atoms with E-state index in [9.17, 15) is 23.9 Å². The first-order chi connectivity index (χ1) is 21.4. The summed E-state index contributed by atoms with van der Waals surface area (Å²) in [6, 6.07) is 24.8. The Kier molecular flexibility index (Phi) is 12.7. The molecular weight excluding hydrogens is 559 g/mol. The Hall–Kier alpha value is -4.30. The SMILES string of the molecule is O=C1N[C@@H](Cc2ccccc2)COC(=O)[C@@H](Cc2ccc(F)cc2)CC/C=C/C[C@H]1CC(=O)N(CCO)Cc1ccccc1. The van der Waals surface area contributed by atoms with E-state index in [-0.39, 0.29) is 49.8 Å². The predicted octanol–water partition coefficient (Wildman–Crippen LogP) is 5.02. The Bertz CT molecular complexity index is 1360. The van der Waals surface area contributed by atoms with Crippen LogP contribution >= 0.6 is 0 Å². The Morgan fingerprint density at radius 2 is 1.52 bits per heavy atom. The average Bonchev–Trinajstić information content (AvgIpc) is 3.04. The molecule has 0 spiro atoms. The van der Waals surface area contributed by atoms with Crippen LogP contribution in [0.25, 0.3) is 0 Å². The molecule has 0 saturated carbocycles. The maximum absolute atomic E-state index is 13.7. The summed E-state index contributed by atoms with van der Waals surface area (Å²) in [5.41, 5.74) is 2.76. The molecule has 3 aromatic carbocycles. The second kappa shape index (κ2) is 17.1. The number of cyclic esters (lactones) is 1. The van der Waals surface area contributed by atoms with Gasteiger partial charge in [0, 0.05) is 19.5 Å². The van der Waals surface area contributed by atoms with Gasteiger partial charge in [0.25, 0.3) is 0 Å². The fourth-order valence-electron chi connectivity index (χ4n) is 5.39. The first-order valence-electron chi connectivity index (χ1n) is 15.2. The van der Waals surface area contributed by atoms with Gasteiger partial charge in [0.15, 0.2) is 0 Å². The van der Waals surface area contributed by atoms with Crippen LogP contribution in [0.3, 0.4) is 0 Å².